The molecule has 0 aliphatic rings. The largest absolute Gasteiger partial charge is 0.494 e. The van der Waals surface area contributed by atoms with Crippen LogP contribution in [0.25, 0.3) is 0 Å². The van der Waals surface area contributed by atoms with Gasteiger partial charge in [-0.25, -0.2) is 0 Å². The standard InChI is InChI=1S/C16H21NO2/c1-4-11-18-14-8-6-13(7-9-14)16(17-3)15-10-5-12(2)19-15/h5-10,16-17H,4,11H2,1-3H3. The molecule has 0 aliphatic carbocycles. The van der Waals surface area contributed by atoms with Crippen molar-refractivity contribution in [3.8, 4) is 5.75 Å². The molecule has 1 aromatic carbocycles. The van der Waals surface area contributed by atoms with Crippen LogP contribution >= 0.6 is 0 Å². The van der Waals surface area contributed by atoms with Crippen LogP contribution in [-0.2, 0) is 0 Å². The molecule has 0 amide bonds. The minimum absolute atomic E-state index is 0.0777. The summed E-state index contributed by atoms with van der Waals surface area (Å²) in [4.78, 5) is 0. The first-order valence-corrected chi connectivity index (χ1v) is 6.71. The van der Waals surface area contributed by atoms with E-state index < -0.39 is 0 Å². The van der Waals surface area contributed by atoms with Crippen LogP contribution in [-0.4, -0.2) is 13.7 Å². The van der Waals surface area contributed by atoms with Crippen LogP contribution in [0.3, 0.4) is 0 Å². The minimum atomic E-state index is 0.0777. The first-order chi connectivity index (χ1) is 9.24. The second kappa shape index (κ2) is 6.43. The number of hydrogen-bond acceptors (Lipinski definition) is 3. The smallest absolute Gasteiger partial charge is 0.125 e. The molecule has 1 atom stereocenters. The van der Waals surface area contributed by atoms with Crippen molar-refractivity contribution in [2.75, 3.05) is 13.7 Å². The van der Waals surface area contributed by atoms with Crippen LogP contribution in [0, 0.1) is 6.92 Å². The Kier molecular flexibility index (Phi) is 4.63. The number of furan rings is 1. The van der Waals surface area contributed by atoms with Crippen LogP contribution in [0.2, 0.25) is 0 Å². The molecule has 1 N–H and O–H groups in total. The predicted molar refractivity (Wildman–Crippen MR) is 76.6 cm³/mol. The van der Waals surface area contributed by atoms with E-state index >= 15 is 0 Å². The average Bonchev–Trinajstić information content (AvgIpc) is 2.85. The molecule has 2 rings (SSSR count). The lowest BCUT2D eigenvalue weighted by Crippen LogP contribution is -2.16. The summed E-state index contributed by atoms with van der Waals surface area (Å²) in [5.74, 6) is 2.77. The maximum Gasteiger partial charge on any atom is 0.125 e. The number of ether oxygens (including phenoxy) is 1. The highest BCUT2D eigenvalue weighted by Gasteiger charge is 2.15. The third kappa shape index (κ3) is 3.38. The fourth-order valence-corrected chi connectivity index (χ4v) is 2.06. The van der Waals surface area contributed by atoms with Gasteiger partial charge in [-0.1, -0.05) is 19.1 Å². The summed E-state index contributed by atoms with van der Waals surface area (Å²) >= 11 is 0. The topological polar surface area (TPSA) is 34.4 Å². The number of rotatable bonds is 6. The number of hydrogen-bond donors (Lipinski definition) is 1. The maximum atomic E-state index is 5.69. The van der Waals surface area contributed by atoms with Crippen molar-refractivity contribution in [3.05, 3.63) is 53.5 Å². The van der Waals surface area contributed by atoms with Gasteiger partial charge in [0, 0.05) is 0 Å². The van der Waals surface area contributed by atoms with Gasteiger partial charge in [-0.2, -0.15) is 0 Å². The van der Waals surface area contributed by atoms with Gasteiger partial charge >= 0.3 is 0 Å². The van der Waals surface area contributed by atoms with E-state index in [0.29, 0.717) is 0 Å². The highest BCUT2D eigenvalue weighted by atomic mass is 16.5. The van der Waals surface area contributed by atoms with E-state index in [0.717, 1.165) is 30.3 Å². The molecular weight excluding hydrogens is 238 g/mol. The van der Waals surface area contributed by atoms with Crippen molar-refractivity contribution < 1.29 is 9.15 Å². The number of aryl methyl sites for hydroxylation is 1. The molecule has 0 spiro atoms. The summed E-state index contributed by atoms with van der Waals surface area (Å²) in [6.07, 6.45) is 1.02. The van der Waals surface area contributed by atoms with E-state index in [4.69, 9.17) is 9.15 Å². The summed E-state index contributed by atoms with van der Waals surface area (Å²) in [6, 6.07) is 12.2. The normalized spacial score (nSPS) is 12.4. The molecule has 2 aromatic rings. The predicted octanol–water partition coefficient (Wildman–Crippen LogP) is 3.69. The molecule has 3 heteroatoms. The zero-order chi connectivity index (χ0) is 13.7. The summed E-state index contributed by atoms with van der Waals surface area (Å²) in [6.45, 7) is 4.81. The number of benzene rings is 1. The second-order valence-electron chi connectivity index (χ2n) is 4.59. The summed E-state index contributed by atoms with van der Waals surface area (Å²) < 4.78 is 11.3. The number of nitrogens with one attached hydrogen (secondary N) is 1. The van der Waals surface area contributed by atoms with E-state index in [2.05, 4.69) is 24.4 Å². The summed E-state index contributed by atoms with van der Waals surface area (Å²) in [7, 11) is 1.93. The fourth-order valence-electron chi connectivity index (χ4n) is 2.06. The van der Waals surface area contributed by atoms with Crippen LogP contribution in [0.15, 0.2) is 40.8 Å². The van der Waals surface area contributed by atoms with E-state index in [9.17, 15) is 0 Å². The van der Waals surface area contributed by atoms with E-state index in [-0.39, 0.29) is 6.04 Å². The van der Waals surface area contributed by atoms with Crippen LogP contribution < -0.4 is 10.1 Å². The van der Waals surface area contributed by atoms with E-state index in [1.54, 1.807) is 0 Å². The molecule has 3 nitrogen and oxygen atoms in total. The minimum Gasteiger partial charge on any atom is -0.494 e. The molecule has 0 saturated heterocycles. The van der Waals surface area contributed by atoms with Gasteiger partial charge in [-0.15, -0.1) is 0 Å². The highest BCUT2D eigenvalue weighted by Crippen LogP contribution is 2.25. The molecule has 0 saturated carbocycles. The third-order valence-corrected chi connectivity index (χ3v) is 3.02. The molecule has 0 fully saturated rings. The van der Waals surface area contributed by atoms with Gasteiger partial charge in [0.1, 0.15) is 17.3 Å². The Bertz CT molecular complexity index is 502. The molecular formula is C16H21NO2. The molecule has 0 bridgehead atoms. The third-order valence-electron chi connectivity index (χ3n) is 3.02. The Hall–Kier alpha value is -1.74. The van der Waals surface area contributed by atoms with Crippen molar-refractivity contribution in [1.29, 1.82) is 0 Å². The summed E-state index contributed by atoms with van der Waals surface area (Å²) in [5, 5.41) is 3.28. The Morgan fingerprint density at radius 2 is 1.89 bits per heavy atom. The SMILES string of the molecule is CCCOc1ccc(C(NC)c2ccc(C)o2)cc1. The zero-order valence-electron chi connectivity index (χ0n) is 11.8. The Labute approximate surface area is 114 Å². The van der Waals surface area contributed by atoms with E-state index in [1.807, 2.05) is 38.2 Å². The lowest BCUT2D eigenvalue weighted by Gasteiger charge is -2.15. The first kappa shape index (κ1) is 13.7. The molecule has 19 heavy (non-hydrogen) atoms. The van der Waals surface area contributed by atoms with Gasteiger partial charge in [-0.3, -0.25) is 0 Å². The van der Waals surface area contributed by atoms with Gasteiger partial charge in [0.25, 0.3) is 0 Å². The van der Waals surface area contributed by atoms with Crippen molar-refractivity contribution in [2.24, 2.45) is 0 Å². The molecule has 0 radical (unpaired) electrons. The van der Waals surface area contributed by atoms with Gasteiger partial charge in [0.2, 0.25) is 0 Å². The van der Waals surface area contributed by atoms with Crippen LogP contribution in [0.1, 0.15) is 36.5 Å². The van der Waals surface area contributed by atoms with Crippen molar-refractivity contribution in [2.45, 2.75) is 26.3 Å². The van der Waals surface area contributed by atoms with Gasteiger partial charge in [-0.05, 0) is 50.2 Å². The second-order valence-corrected chi connectivity index (χ2v) is 4.59. The maximum absolute atomic E-state index is 5.69. The summed E-state index contributed by atoms with van der Waals surface area (Å²) in [5.41, 5.74) is 1.17. The monoisotopic (exact) mass is 259 g/mol. The zero-order valence-corrected chi connectivity index (χ0v) is 11.8. The van der Waals surface area contributed by atoms with Crippen molar-refractivity contribution in [1.82, 2.24) is 5.32 Å². The molecule has 0 aliphatic heterocycles. The lowest BCUT2D eigenvalue weighted by molar-refractivity contribution is 0.317. The lowest BCUT2D eigenvalue weighted by atomic mass is 10.0. The Morgan fingerprint density at radius 3 is 2.42 bits per heavy atom. The average molecular weight is 259 g/mol. The Balaban J connectivity index is 2.15. The molecule has 1 unspecified atom stereocenters. The fraction of sp³-hybridized carbons (Fsp3) is 0.375. The quantitative estimate of drug-likeness (QED) is 0.859. The highest BCUT2D eigenvalue weighted by molar-refractivity contribution is 5.33. The van der Waals surface area contributed by atoms with Crippen LogP contribution in [0.4, 0.5) is 0 Å². The van der Waals surface area contributed by atoms with Crippen molar-refractivity contribution >= 4 is 0 Å². The molecule has 102 valence electrons. The Morgan fingerprint density at radius 1 is 1.16 bits per heavy atom. The van der Waals surface area contributed by atoms with Crippen LogP contribution in [0.5, 0.6) is 5.75 Å². The first-order valence-electron chi connectivity index (χ1n) is 6.71. The van der Waals surface area contributed by atoms with E-state index in [1.165, 1.54) is 5.56 Å². The van der Waals surface area contributed by atoms with Gasteiger partial charge in [0.05, 0.1) is 12.6 Å². The molecule has 1 aromatic heterocycles. The van der Waals surface area contributed by atoms with Gasteiger partial charge in [0.15, 0.2) is 0 Å². The molecule has 1 heterocycles. The van der Waals surface area contributed by atoms with Crippen molar-refractivity contribution in [3.63, 3.8) is 0 Å². The van der Waals surface area contributed by atoms with Gasteiger partial charge < -0.3 is 14.5 Å².